The van der Waals surface area contributed by atoms with Gasteiger partial charge in [-0.25, -0.2) is 4.79 Å². The molecule has 3 aromatic carbocycles. The predicted octanol–water partition coefficient (Wildman–Crippen LogP) is 4.58. The van der Waals surface area contributed by atoms with E-state index in [0.29, 0.717) is 11.4 Å². The van der Waals surface area contributed by atoms with Crippen molar-refractivity contribution in [1.29, 1.82) is 0 Å². The molecule has 0 N–H and O–H groups in total. The van der Waals surface area contributed by atoms with Crippen molar-refractivity contribution < 1.29 is 19.2 Å². The van der Waals surface area contributed by atoms with Gasteiger partial charge in [0, 0.05) is 15.9 Å². The van der Waals surface area contributed by atoms with E-state index in [9.17, 15) is 19.7 Å². The molecule has 1 heterocycles. The van der Waals surface area contributed by atoms with Crippen molar-refractivity contribution in [2.24, 2.45) is 0 Å². The van der Waals surface area contributed by atoms with Crippen LogP contribution < -0.4 is 4.90 Å². The SMILES string of the molecule is O=C(OCC(=O)N1c2ccccc2Sc2ccccc21)c1ccccc1[N+](=O)[O-]. The summed E-state index contributed by atoms with van der Waals surface area (Å²) in [7, 11) is 0. The summed E-state index contributed by atoms with van der Waals surface area (Å²) in [5, 5.41) is 11.1. The summed E-state index contributed by atoms with van der Waals surface area (Å²) in [5.41, 5.74) is 0.834. The highest BCUT2D eigenvalue weighted by Crippen LogP contribution is 2.47. The van der Waals surface area contributed by atoms with Gasteiger partial charge in [0.15, 0.2) is 6.61 Å². The number of nitrogens with zero attached hydrogens (tertiary/aromatic N) is 2. The Kier molecular flexibility index (Phi) is 5.01. The average molecular weight is 406 g/mol. The molecule has 0 spiro atoms. The Bertz CT molecular complexity index is 1090. The minimum absolute atomic E-state index is 0.194. The Hall–Kier alpha value is -3.65. The van der Waals surface area contributed by atoms with Gasteiger partial charge in [0.1, 0.15) is 5.56 Å². The summed E-state index contributed by atoms with van der Waals surface area (Å²) < 4.78 is 5.12. The van der Waals surface area contributed by atoms with Crippen LogP contribution >= 0.6 is 11.8 Å². The zero-order valence-corrected chi connectivity index (χ0v) is 15.8. The molecule has 0 saturated carbocycles. The van der Waals surface area contributed by atoms with Crippen LogP contribution in [-0.2, 0) is 9.53 Å². The fourth-order valence-electron chi connectivity index (χ4n) is 3.05. The van der Waals surface area contributed by atoms with Gasteiger partial charge in [-0.15, -0.1) is 0 Å². The largest absolute Gasteiger partial charge is 0.452 e. The molecule has 0 aromatic heterocycles. The Balaban J connectivity index is 1.59. The van der Waals surface area contributed by atoms with Crippen LogP contribution in [-0.4, -0.2) is 23.4 Å². The van der Waals surface area contributed by atoms with Crippen LogP contribution in [0.2, 0.25) is 0 Å². The lowest BCUT2D eigenvalue weighted by Crippen LogP contribution is -2.32. The van der Waals surface area contributed by atoms with E-state index in [1.54, 1.807) is 11.8 Å². The summed E-state index contributed by atoms with van der Waals surface area (Å²) >= 11 is 1.55. The number of hydrogen-bond acceptors (Lipinski definition) is 6. The van der Waals surface area contributed by atoms with Crippen molar-refractivity contribution in [3.05, 3.63) is 88.5 Å². The molecule has 8 heteroatoms. The highest BCUT2D eigenvalue weighted by atomic mass is 32.2. The molecule has 3 aromatic rings. The maximum Gasteiger partial charge on any atom is 0.345 e. The number of fused-ring (bicyclic) bond motifs is 2. The Morgan fingerprint density at radius 2 is 1.45 bits per heavy atom. The predicted molar refractivity (Wildman–Crippen MR) is 108 cm³/mol. The van der Waals surface area contributed by atoms with E-state index in [4.69, 9.17) is 4.74 Å². The lowest BCUT2D eigenvalue weighted by Gasteiger charge is -2.30. The second-order valence-electron chi connectivity index (χ2n) is 6.12. The van der Waals surface area contributed by atoms with E-state index in [0.717, 1.165) is 9.79 Å². The van der Waals surface area contributed by atoms with Gasteiger partial charge in [-0.2, -0.15) is 0 Å². The molecule has 0 saturated heterocycles. The molecule has 0 aliphatic carbocycles. The van der Waals surface area contributed by atoms with Crippen molar-refractivity contribution >= 4 is 40.7 Å². The van der Waals surface area contributed by atoms with E-state index in [2.05, 4.69) is 0 Å². The summed E-state index contributed by atoms with van der Waals surface area (Å²) in [5.74, 6) is -1.37. The number of carbonyl (C=O) groups excluding carboxylic acids is 2. The smallest absolute Gasteiger partial charge is 0.345 e. The summed E-state index contributed by atoms with van der Waals surface area (Å²) in [6.07, 6.45) is 0. The Morgan fingerprint density at radius 1 is 0.897 bits per heavy atom. The molecule has 0 bridgehead atoms. The minimum Gasteiger partial charge on any atom is -0.452 e. The molecule has 4 rings (SSSR count). The molecule has 1 amide bonds. The molecule has 144 valence electrons. The Labute approximate surface area is 170 Å². The highest BCUT2D eigenvalue weighted by molar-refractivity contribution is 7.99. The molecule has 1 aliphatic heterocycles. The fourth-order valence-corrected chi connectivity index (χ4v) is 4.11. The monoisotopic (exact) mass is 406 g/mol. The number of esters is 1. The van der Waals surface area contributed by atoms with Crippen LogP contribution in [0.15, 0.2) is 82.6 Å². The van der Waals surface area contributed by atoms with Crippen molar-refractivity contribution in [1.82, 2.24) is 0 Å². The standard InChI is InChI=1S/C21H14N2O5S/c24-20(13-28-21(25)14-7-1-2-8-15(14)23(26)27)22-16-9-3-5-11-18(16)29-19-12-6-4-10-17(19)22/h1-12H,13H2. The quantitative estimate of drug-likeness (QED) is 0.358. The van der Waals surface area contributed by atoms with Crippen molar-refractivity contribution in [3.63, 3.8) is 0 Å². The molecule has 7 nitrogen and oxygen atoms in total. The maximum atomic E-state index is 13.0. The van der Waals surface area contributed by atoms with Crippen LogP contribution in [0.25, 0.3) is 0 Å². The number of ether oxygens (including phenoxy) is 1. The molecular formula is C21H14N2O5S. The molecule has 29 heavy (non-hydrogen) atoms. The van der Waals surface area contributed by atoms with E-state index in [1.807, 2.05) is 48.5 Å². The normalized spacial score (nSPS) is 11.9. The molecule has 0 radical (unpaired) electrons. The van der Waals surface area contributed by atoms with Gasteiger partial charge >= 0.3 is 5.97 Å². The first-order valence-electron chi connectivity index (χ1n) is 8.65. The second-order valence-corrected chi connectivity index (χ2v) is 7.20. The number of para-hydroxylation sites is 3. The third-order valence-electron chi connectivity index (χ3n) is 4.33. The zero-order chi connectivity index (χ0) is 20.4. The second kappa shape index (κ2) is 7.76. The Morgan fingerprint density at radius 3 is 2.07 bits per heavy atom. The molecule has 1 aliphatic rings. The topological polar surface area (TPSA) is 89.8 Å². The van der Waals surface area contributed by atoms with Gasteiger partial charge < -0.3 is 4.74 Å². The number of nitro groups is 1. The highest BCUT2D eigenvalue weighted by Gasteiger charge is 2.29. The van der Waals surface area contributed by atoms with E-state index in [-0.39, 0.29) is 11.3 Å². The zero-order valence-electron chi connectivity index (χ0n) is 15.0. The van der Waals surface area contributed by atoms with E-state index in [1.165, 1.54) is 29.2 Å². The van der Waals surface area contributed by atoms with Crippen LogP contribution in [0, 0.1) is 10.1 Å². The number of nitro benzene ring substituents is 1. The van der Waals surface area contributed by atoms with Crippen molar-refractivity contribution in [3.8, 4) is 0 Å². The molecule has 0 atom stereocenters. The first kappa shape index (κ1) is 18.7. The maximum absolute atomic E-state index is 13.0. The third-order valence-corrected chi connectivity index (χ3v) is 5.46. The molecular weight excluding hydrogens is 392 g/mol. The van der Waals surface area contributed by atoms with Crippen LogP contribution in [0.4, 0.5) is 17.1 Å². The molecule has 0 fully saturated rings. The number of hydrogen-bond donors (Lipinski definition) is 0. The molecule has 0 unspecified atom stereocenters. The van der Waals surface area contributed by atoms with Gasteiger partial charge in [0.05, 0.1) is 16.3 Å². The first-order valence-corrected chi connectivity index (χ1v) is 9.47. The van der Waals surface area contributed by atoms with Crippen LogP contribution in [0.1, 0.15) is 10.4 Å². The van der Waals surface area contributed by atoms with E-state index < -0.39 is 23.4 Å². The average Bonchev–Trinajstić information content (AvgIpc) is 2.75. The van der Waals surface area contributed by atoms with Crippen LogP contribution in [0.3, 0.4) is 0 Å². The number of benzene rings is 3. The lowest BCUT2D eigenvalue weighted by molar-refractivity contribution is -0.385. The number of carbonyl (C=O) groups is 2. The van der Waals surface area contributed by atoms with Gasteiger partial charge in [0.25, 0.3) is 11.6 Å². The number of anilines is 2. The number of rotatable bonds is 4. The fraction of sp³-hybridized carbons (Fsp3) is 0.0476. The lowest BCUT2D eigenvalue weighted by atomic mass is 10.2. The summed E-state index contributed by atoms with van der Waals surface area (Å²) in [6.45, 7) is -0.543. The van der Waals surface area contributed by atoms with Crippen molar-refractivity contribution in [2.45, 2.75) is 9.79 Å². The van der Waals surface area contributed by atoms with Gasteiger partial charge in [-0.3, -0.25) is 19.8 Å². The van der Waals surface area contributed by atoms with Gasteiger partial charge in [-0.1, -0.05) is 48.2 Å². The number of amides is 1. The van der Waals surface area contributed by atoms with Gasteiger partial charge in [0.2, 0.25) is 0 Å². The van der Waals surface area contributed by atoms with Crippen LogP contribution in [0.5, 0.6) is 0 Å². The summed E-state index contributed by atoms with van der Waals surface area (Å²) in [6, 6.07) is 20.4. The third kappa shape index (κ3) is 3.57. The van der Waals surface area contributed by atoms with E-state index >= 15 is 0 Å². The van der Waals surface area contributed by atoms with Gasteiger partial charge in [-0.05, 0) is 30.3 Å². The van der Waals surface area contributed by atoms with Crippen molar-refractivity contribution in [2.75, 3.05) is 11.5 Å². The first-order chi connectivity index (χ1) is 14.1. The minimum atomic E-state index is -0.918. The summed E-state index contributed by atoms with van der Waals surface area (Å²) in [4.78, 5) is 39.1.